The molecule has 1 rings (SSSR count). The fourth-order valence-electron chi connectivity index (χ4n) is 0.603. The zero-order valence-corrected chi connectivity index (χ0v) is 6.13. The third-order valence-corrected chi connectivity index (χ3v) is 1.97. The molecule has 0 unspecified atom stereocenters. The van der Waals surface area contributed by atoms with Crippen molar-refractivity contribution in [2.75, 3.05) is 0 Å². The average Bonchev–Trinajstić information content (AvgIpc) is 2.31. The van der Waals surface area contributed by atoms with Crippen LogP contribution in [0.25, 0.3) is 0 Å². The van der Waals surface area contributed by atoms with Crippen LogP contribution in [0.4, 0.5) is 0 Å². The quantitative estimate of drug-likeness (QED) is 0.634. The van der Waals surface area contributed by atoms with Crippen LogP contribution in [-0.4, -0.2) is 8.42 Å². The van der Waals surface area contributed by atoms with Gasteiger partial charge in [0.05, 0.1) is 6.26 Å². The van der Waals surface area contributed by atoms with Gasteiger partial charge in [0.1, 0.15) is 11.0 Å². The van der Waals surface area contributed by atoms with Crippen LogP contribution in [0.1, 0.15) is 5.76 Å². The van der Waals surface area contributed by atoms with Crippen LogP contribution in [-0.2, 0) is 10.0 Å². The van der Waals surface area contributed by atoms with Crippen molar-refractivity contribution < 1.29 is 12.8 Å². The first kappa shape index (κ1) is 7.78. The normalized spacial score (nSPS) is 10.9. The molecule has 0 aliphatic carbocycles. The van der Waals surface area contributed by atoms with Crippen molar-refractivity contribution >= 4 is 10.0 Å². The molecule has 58 valence electrons. The summed E-state index contributed by atoms with van der Waals surface area (Å²) in [5.41, 5.74) is 0. The summed E-state index contributed by atoms with van der Waals surface area (Å²) >= 11 is 0. The molecule has 5 nitrogen and oxygen atoms in total. The van der Waals surface area contributed by atoms with Gasteiger partial charge in [-0.15, -0.1) is 0 Å². The average molecular weight is 172 g/mol. The lowest BCUT2D eigenvalue weighted by molar-refractivity contribution is 0.542. The second-order valence-corrected chi connectivity index (χ2v) is 3.30. The molecule has 0 amide bonds. The van der Waals surface area contributed by atoms with E-state index in [1.807, 2.05) is 0 Å². The van der Waals surface area contributed by atoms with Crippen LogP contribution in [0, 0.1) is 11.3 Å². The minimum absolute atomic E-state index is 0.278. The van der Waals surface area contributed by atoms with Crippen molar-refractivity contribution in [3.05, 3.63) is 18.1 Å². The Hall–Kier alpha value is -1.32. The summed E-state index contributed by atoms with van der Waals surface area (Å²) < 4.78 is 25.8. The lowest BCUT2D eigenvalue weighted by Gasteiger charge is -1.89. The van der Waals surface area contributed by atoms with Crippen molar-refractivity contribution in [2.24, 2.45) is 5.14 Å². The van der Waals surface area contributed by atoms with Crippen LogP contribution >= 0.6 is 0 Å². The second-order valence-electron chi connectivity index (χ2n) is 1.77. The van der Waals surface area contributed by atoms with Crippen LogP contribution in [0.2, 0.25) is 0 Å². The number of nitriles is 1. The van der Waals surface area contributed by atoms with Gasteiger partial charge >= 0.3 is 0 Å². The molecule has 0 radical (unpaired) electrons. The minimum Gasteiger partial charge on any atom is -0.452 e. The first-order valence-electron chi connectivity index (χ1n) is 2.56. The third-order valence-electron chi connectivity index (χ3n) is 1.04. The highest BCUT2D eigenvalue weighted by Crippen LogP contribution is 2.13. The van der Waals surface area contributed by atoms with E-state index in [9.17, 15) is 8.42 Å². The Bertz CT molecular complexity index is 398. The Kier molecular flexibility index (Phi) is 1.68. The molecular formula is C5H4N2O3S. The molecule has 6 heteroatoms. The summed E-state index contributed by atoms with van der Waals surface area (Å²) in [7, 11) is -3.82. The molecule has 1 aromatic rings. The number of nitrogens with two attached hydrogens (primary N) is 1. The summed E-state index contributed by atoms with van der Waals surface area (Å²) in [5, 5.41) is 13.0. The van der Waals surface area contributed by atoms with Crippen molar-refractivity contribution in [1.82, 2.24) is 0 Å². The molecule has 0 atom stereocenters. The van der Waals surface area contributed by atoms with Gasteiger partial charge in [0, 0.05) is 0 Å². The predicted octanol–water partition coefficient (Wildman–Crippen LogP) is -0.201. The molecule has 11 heavy (non-hydrogen) atoms. The zero-order chi connectivity index (χ0) is 8.48. The lowest BCUT2D eigenvalue weighted by atomic mass is 10.5. The maximum atomic E-state index is 10.6. The Labute approximate surface area is 63.1 Å². The molecule has 0 aliphatic heterocycles. The molecule has 0 bridgehead atoms. The standard InChI is InChI=1S/C5H4N2O3S/c6-3-4-5(1-2-10-4)11(7,8)9/h1-2H,(H2,7,8,9). The lowest BCUT2D eigenvalue weighted by Crippen LogP contribution is -2.12. The van der Waals surface area contributed by atoms with E-state index in [0.717, 1.165) is 12.3 Å². The molecule has 1 heterocycles. The van der Waals surface area contributed by atoms with E-state index in [1.54, 1.807) is 6.07 Å². The van der Waals surface area contributed by atoms with E-state index >= 15 is 0 Å². The topological polar surface area (TPSA) is 97.1 Å². The highest BCUT2D eigenvalue weighted by atomic mass is 32.2. The van der Waals surface area contributed by atoms with E-state index in [2.05, 4.69) is 4.42 Å². The van der Waals surface area contributed by atoms with Gasteiger partial charge in [-0.1, -0.05) is 0 Å². The van der Waals surface area contributed by atoms with Crippen molar-refractivity contribution in [2.45, 2.75) is 4.90 Å². The number of sulfonamides is 1. The smallest absolute Gasteiger partial charge is 0.242 e. The highest BCUT2D eigenvalue weighted by molar-refractivity contribution is 7.89. The maximum absolute atomic E-state index is 10.6. The number of nitrogens with zero attached hydrogens (tertiary/aromatic N) is 1. The number of hydrogen-bond donors (Lipinski definition) is 1. The third kappa shape index (κ3) is 1.39. The van der Waals surface area contributed by atoms with Gasteiger partial charge in [-0.05, 0) is 6.07 Å². The first-order chi connectivity index (χ1) is 5.05. The monoisotopic (exact) mass is 172 g/mol. The highest BCUT2D eigenvalue weighted by Gasteiger charge is 2.15. The molecule has 2 N–H and O–H groups in total. The van der Waals surface area contributed by atoms with Crippen molar-refractivity contribution in [1.29, 1.82) is 5.26 Å². The summed E-state index contributed by atoms with van der Waals surface area (Å²) in [5.74, 6) is -0.285. The molecule has 0 saturated heterocycles. The van der Waals surface area contributed by atoms with Gasteiger partial charge in [-0.25, -0.2) is 13.6 Å². The molecule has 0 saturated carbocycles. The van der Waals surface area contributed by atoms with Gasteiger partial charge in [0.25, 0.3) is 0 Å². The molecule has 0 aromatic carbocycles. The van der Waals surface area contributed by atoms with E-state index in [4.69, 9.17) is 10.4 Å². The van der Waals surface area contributed by atoms with Gasteiger partial charge in [0.15, 0.2) is 0 Å². The van der Waals surface area contributed by atoms with Crippen LogP contribution < -0.4 is 5.14 Å². The summed E-state index contributed by atoms with van der Waals surface area (Å²) in [6, 6.07) is 2.69. The second kappa shape index (κ2) is 2.38. The van der Waals surface area contributed by atoms with E-state index in [-0.39, 0.29) is 10.7 Å². The van der Waals surface area contributed by atoms with E-state index in [0.29, 0.717) is 0 Å². The molecule has 0 fully saturated rings. The van der Waals surface area contributed by atoms with Gasteiger partial charge in [-0.2, -0.15) is 5.26 Å². The van der Waals surface area contributed by atoms with Gasteiger partial charge < -0.3 is 4.42 Å². The minimum atomic E-state index is -3.82. The number of primary sulfonamides is 1. The van der Waals surface area contributed by atoms with Crippen molar-refractivity contribution in [3.8, 4) is 6.07 Å². The first-order valence-corrected chi connectivity index (χ1v) is 4.10. The van der Waals surface area contributed by atoms with E-state index in [1.165, 1.54) is 0 Å². The van der Waals surface area contributed by atoms with Crippen LogP contribution in [0.5, 0.6) is 0 Å². The molecule has 0 aliphatic rings. The predicted molar refractivity (Wildman–Crippen MR) is 34.8 cm³/mol. The maximum Gasteiger partial charge on any atom is 0.242 e. The summed E-state index contributed by atoms with van der Waals surface area (Å²) in [4.78, 5) is -0.278. The Morgan fingerprint density at radius 1 is 1.64 bits per heavy atom. The summed E-state index contributed by atoms with van der Waals surface area (Å²) in [6.45, 7) is 0. The zero-order valence-electron chi connectivity index (χ0n) is 5.31. The molecule has 1 aromatic heterocycles. The molecular weight excluding hydrogens is 168 g/mol. The van der Waals surface area contributed by atoms with Gasteiger partial charge in [0.2, 0.25) is 15.8 Å². The summed E-state index contributed by atoms with van der Waals surface area (Å²) in [6.07, 6.45) is 1.10. The van der Waals surface area contributed by atoms with Crippen LogP contribution in [0.3, 0.4) is 0 Å². The van der Waals surface area contributed by atoms with E-state index < -0.39 is 10.0 Å². The Balaban J connectivity index is 3.39. The SMILES string of the molecule is N#Cc1occc1S(N)(=O)=O. The van der Waals surface area contributed by atoms with Crippen LogP contribution in [0.15, 0.2) is 21.6 Å². The Morgan fingerprint density at radius 3 is 2.64 bits per heavy atom. The van der Waals surface area contributed by atoms with Crippen molar-refractivity contribution in [3.63, 3.8) is 0 Å². The Morgan fingerprint density at radius 2 is 2.27 bits per heavy atom. The number of furan rings is 1. The fourth-order valence-corrected chi connectivity index (χ4v) is 1.20. The number of hydrogen-bond acceptors (Lipinski definition) is 4. The van der Waals surface area contributed by atoms with Gasteiger partial charge in [-0.3, -0.25) is 0 Å². The fraction of sp³-hybridized carbons (Fsp3) is 0. The molecule has 0 spiro atoms. The number of rotatable bonds is 1. The largest absolute Gasteiger partial charge is 0.452 e.